The summed E-state index contributed by atoms with van der Waals surface area (Å²) in [5, 5.41) is 7.63. The lowest BCUT2D eigenvalue weighted by molar-refractivity contribution is 0.0364. The van der Waals surface area contributed by atoms with Crippen LogP contribution in [0.25, 0.3) is 5.70 Å². The molecule has 0 radical (unpaired) electrons. The average molecular weight is 376 g/mol. The van der Waals surface area contributed by atoms with Crippen molar-refractivity contribution in [3.8, 4) is 0 Å². The lowest BCUT2D eigenvalue weighted by Gasteiger charge is -2.29. The Balaban J connectivity index is 1.85. The molecule has 0 amide bonds. The van der Waals surface area contributed by atoms with Crippen LogP contribution in [-0.2, 0) is 11.3 Å². The number of aryl methyl sites for hydroxylation is 1. The lowest BCUT2D eigenvalue weighted by Crippen LogP contribution is -2.29. The molecule has 2 atom stereocenters. The monoisotopic (exact) mass is 376 g/mol. The second-order valence-corrected chi connectivity index (χ2v) is 6.60. The molecule has 2 unspecified atom stereocenters. The first-order valence-electron chi connectivity index (χ1n) is 8.68. The van der Waals surface area contributed by atoms with Crippen LogP contribution in [0.4, 0.5) is 8.78 Å². The summed E-state index contributed by atoms with van der Waals surface area (Å²) < 4.78 is 39.1. The number of nitrogens with zero attached hydrogens (tertiary/aromatic N) is 2. The normalized spacial score (nSPS) is 21.0. The number of benzene rings is 1. The van der Waals surface area contributed by atoms with E-state index in [2.05, 4.69) is 10.2 Å². The van der Waals surface area contributed by atoms with Crippen molar-refractivity contribution in [2.24, 2.45) is 17.4 Å². The molecular weight excluding hydrogens is 354 g/mol. The van der Waals surface area contributed by atoms with Gasteiger partial charge in [0.25, 0.3) is 0 Å². The van der Waals surface area contributed by atoms with E-state index in [4.69, 9.17) is 20.6 Å². The van der Waals surface area contributed by atoms with Gasteiger partial charge in [0.1, 0.15) is 18.2 Å². The summed E-state index contributed by atoms with van der Waals surface area (Å²) in [6.45, 7) is 3.82. The van der Waals surface area contributed by atoms with Gasteiger partial charge in [-0.05, 0) is 42.5 Å². The van der Waals surface area contributed by atoms with Crippen molar-refractivity contribution in [1.29, 1.82) is 0 Å². The minimum Gasteiger partial charge on any atom is -0.423 e. The molecule has 1 aromatic heterocycles. The molecule has 6 nitrogen and oxygen atoms in total. The predicted molar refractivity (Wildman–Crippen MR) is 95.7 cm³/mol. The molecule has 0 saturated heterocycles. The van der Waals surface area contributed by atoms with E-state index in [1.807, 2.05) is 6.92 Å². The third-order valence-corrected chi connectivity index (χ3v) is 4.61. The van der Waals surface area contributed by atoms with Gasteiger partial charge in [0, 0.05) is 18.3 Å². The smallest absolute Gasteiger partial charge is 0.242 e. The van der Waals surface area contributed by atoms with Crippen LogP contribution in [0.1, 0.15) is 37.1 Å². The van der Waals surface area contributed by atoms with E-state index in [0.717, 1.165) is 6.42 Å². The molecule has 8 heteroatoms. The topological polar surface area (TPSA) is 100 Å². The second-order valence-electron chi connectivity index (χ2n) is 6.60. The summed E-state index contributed by atoms with van der Waals surface area (Å²) in [4.78, 5) is 0. The average Bonchev–Trinajstić information content (AvgIpc) is 3.03. The molecule has 0 fully saturated rings. The van der Waals surface area contributed by atoms with Crippen LogP contribution in [0.2, 0.25) is 0 Å². The molecule has 1 aromatic carbocycles. The fraction of sp³-hybridized carbons (Fsp3) is 0.368. The summed E-state index contributed by atoms with van der Waals surface area (Å²) >= 11 is 0. The maximum atomic E-state index is 14.0. The molecule has 1 aliphatic rings. The minimum absolute atomic E-state index is 0.0106. The molecule has 0 saturated carbocycles. The number of hydrogen-bond acceptors (Lipinski definition) is 6. The Bertz CT molecular complexity index is 871. The zero-order valence-electron chi connectivity index (χ0n) is 15.2. The van der Waals surface area contributed by atoms with E-state index in [-0.39, 0.29) is 29.9 Å². The minimum atomic E-state index is -0.717. The first-order valence-corrected chi connectivity index (χ1v) is 8.68. The number of allylic oxidation sites excluding steroid dienone is 2. The lowest BCUT2D eigenvalue weighted by atomic mass is 9.84. The summed E-state index contributed by atoms with van der Waals surface area (Å²) in [5.41, 5.74) is 13.2. The fourth-order valence-electron chi connectivity index (χ4n) is 3.16. The van der Waals surface area contributed by atoms with Gasteiger partial charge >= 0.3 is 0 Å². The van der Waals surface area contributed by atoms with E-state index in [0.29, 0.717) is 29.5 Å². The molecular formula is C19H22F2N4O2. The zero-order valence-corrected chi connectivity index (χ0v) is 15.2. The Kier molecular flexibility index (Phi) is 5.55. The number of ether oxygens (including phenoxy) is 1. The van der Waals surface area contributed by atoms with Gasteiger partial charge in [0.2, 0.25) is 11.8 Å². The molecule has 144 valence electrons. The van der Waals surface area contributed by atoms with Gasteiger partial charge in [-0.3, -0.25) is 0 Å². The van der Waals surface area contributed by atoms with Crippen molar-refractivity contribution in [2.75, 3.05) is 0 Å². The van der Waals surface area contributed by atoms with Crippen molar-refractivity contribution in [3.63, 3.8) is 0 Å². The Labute approximate surface area is 155 Å². The predicted octanol–water partition coefficient (Wildman–Crippen LogP) is 3.18. The van der Waals surface area contributed by atoms with Crippen LogP contribution in [0.3, 0.4) is 0 Å². The molecule has 4 N–H and O–H groups in total. The Morgan fingerprint density at radius 3 is 2.63 bits per heavy atom. The van der Waals surface area contributed by atoms with Gasteiger partial charge in [-0.25, -0.2) is 8.78 Å². The molecule has 0 aliphatic heterocycles. The summed E-state index contributed by atoms with van der Waals surface area (Å²) in [7, 11) is 0. The number of aromatic nitrogens is 2. The van der Waals surface area contributed by atoms with Gasteiger partial charge in [-0.15, -0.1) is 10.2 Å². The van der Waals surface area contributed by atoms with E-state index in [1.54, 1.807) is 6.92 Å². The van der Waals surface area contributed by atoms with Crippen molar-refractivity contribution in [2.45, 2.75) is 39.4 Å². The maximum Gasteiger partial charge on any atom is 0.242 e. The first kappa shape index (κ1) is 19.0. The Hall–Kier alpha value is -2.74. The standard InChI is InChI=1S/C19H22F2N4O2/c1-10-6-7-16(26-9-17-25-24-11(2)27-17)19(23)12(10)8-15(22)18-13(20)4-3-5-14(18)21/h3-5,8,10,16H,6-7,9,22-23H2,1-2H3/b15-8-. The number of rotatable bonds is 5. The van der Waals surface area contributed by atoms with Crippen LogP contribution in [0.15, 0.2) is 40.0 Å². The highest BCUT2D eigenvalue weighted by Crippen LogP contribution is 2.32. The van der Waals surface area contributed by atoms with Crippen molar-refractivity contribution in [3.05, 3.63) is 64.5 Å². The summed E-state index contributed by atoms with van der Waals surface area (Å²) in [6.07, 6.45) is 2.68. The van der Waals surface area contributed by atoms with E-state index < -0.39 is 11.6 Å². The van der Waals surface area contributed by atoms with E-state index >= 15 is 0 Å². The highest BCUT2D eigenvalue weighted by molar-refractivity contribution is 5.67. The van der Waals surface area contributed by atoms with E-state index in [9.17, 15) is 8.78 Å². The number of hydrogen-bond donors (Lipinski definition) is 2. The SMILES string of the molecule is Cc1nnc(COC2CCC(C)C(/C=C(\N)c3c(F)cccc3F)=C2N)o1. The van der Waals surface area contributed by atoms with Crippen LogP contribution in [-0.4, -0.2) is 16.3 Å². The maximum absolute atomic E-state index is 14.0. The number of halogens is 2. The van der Waals surface area contributed by atoms with Crippen molar-refractivity contribution >= 4 is 5.70 Å². The molecule has 2 aromatic rings. The van der Waals surface area contributed by atoms with Crippen molar-refractivity contribution < 1.29 is 17.9 Å². The van der Waals surface area contributed by atoms with Gasteiger partial charge in [-0.1, -0.05) is 13.0 Å². The molecule has 1 heterocycles. The van der Waals surface area contributed by atoms with Gasteiger partial charge in [0.15, 0.2) is 0 Å². The molecule has 27 heavy (non-hydrogen) atoms. The highest BCUT2D eigenvalue weighted by atomic mass is 19.1. The van der Waals surface area contributed by atoms with E-state index in [1.165, 1.54) is 24.3 Å². The zero-order chi connectivity index (χ0) is 19.6. The highest BCUT2D eigenvalue weighted by Gasteiger charge is 2.26. The third-order valence-electron chi connectivity index (χ3n) is 4.61. The summed E-state index contributed by atoms with van der Waals surface area (Å²) in [6, 6.07) is 3.63. The van der Waals surface area contributed by atoms with Crippen molar-refractivity contribution in [1.82, 2.24) is 10.2 Å². The van der Waals surface area contributed by atoms with Crippen LogP contribution < -0.4 is 11.5 Å². The van der Waals surface area contributed by atoms with Gasteiger partial charge in [-0.2, -0.15) is 0 Å². The Morgan fingerprint density at radius 1 is 1.30 bits per heavy atom. The Morgan fingerprint density at radius 2 is 2.00 bits per heavy atom. The third kappa shape index (κ3) is 4.16. The fourth-order valence-corrected chi connectivity index (χ4v) is 3.16. The first-order chi connectivity index (χ1) is 12.9. The molecule has 0 bridgehead atoms. The molecule has 1 aliphatic carbocycles. The number of nitrogens with two attached hydrogens (primary N) is 2. The summed E-state index contributed by atoms with van der Waals surface area (Å²) in [5.74, 6) is -0.526. The van der Waals surface area contributed by atoms with Crippen LogP contribution >= 0.6 is 0 Å². The molecule has 3 rings (SSSR count). The van der Waals surface area contributed by atoms with Gasteiger partial charge < -0.3 is 20.6 Å². The van der Waals surface area contributed by atoms with Gasteiger partial charge in [0.05, 0.1) is 11.7 Å². The van der Waals surface area contributed by atoms with Crippen LogP contribution in [0.5, 0.6) is 0 Å². The largest absolute Gasteiger partial charge is 0.423 e. The quantitative estimate of drug-likeness (QED) is 0.831. The molecule has 0 spiro atoms. The van der Waals surface area contributed by atoms with Crippen LogP contribution in [0, 0.1) is 24.5 Å². The second kappa shape index (κ2) is 7.87.